The van der Waals surface area contributed by atoms with Crippen LogP contribution in [0.3, 0.4) is 0 Å². The van der Waals surface area contributed by atoms with Crippen LogP contribution in [0, 0.1) is 5.41 Å². The normalized spacial score (nSPS) is 21.1. The lowest BCUT2D eigenvalue weighted by molar-refractivity contribution is -0.163. The molecule has 214 valence electrons. The van der Waals surface area contributed by atoms with Crippen LogP contribution in [0.2, 0.25) is 0 Å². The van der Waals surface area contributed by atoms with E-state index in [4.69, 9.17) is 9.47 Å². The summed E-state index contributed by atoms with van der Waals surface area (Å²) in [7, 11) is 0. The molecule has 2 atom stereocenters. The molecule has 0 aliphatic carbocycles. The third kappa shape index (κ3) is 6.32. The van der Waals surface area contributed by atoms with Gasteiger partial charge in [0.2, 0.25) is 11.7 Å². The highest BCUT2D eigenvalue weighted by Crippen LogP contribution is 2.38. The van der Waals surface area contributed by atoms with Crippen LogP contribution in [0.1, 0.15) is 38.7 Å². The minimum absolute atomic E-state index is 0.119. The topological polar surface area (TPSA) is 117 Å². The van der Waals surface area contributed by atoms with Crippen molar-refractivity contribution < 1.29 is 42.1 Å². The highest BCUT2D eigenvalue weighted by atomic mass is 19.4. The number of aliphatic carboxylic acids is 1. The van der Waals surface area contributed by atoms with E-state index in [1.807, 2.05) is 0 Å². The molecule has 1 fully saturated rings. The number of rotatable bonds is 8. The molecular weight excluding hydrogens is 531 g/mol. The van der Waals surface area contributed by atoms with Crippen LogP contribution < -0.4 is 15.4 Å². The largest absolute Gasteiger partial charge is 0.489 e. The highest BCUT2D eigenvalue weighted by molar-refractivity contribution is 5.98. The molecular formula is C28H30F3N3O6. The molecule has 2 amide bonds. The fraction of sp³-hybridized carbons (Fsp3) is 0.393. The summed E-state index contributed by atoms with van der Waals surface area (Å²) >= 11 is 0. The van der Waals surface area contributed by atoms with E-state index in [2.05, 4.69) is 10.6 Å². The molecule has 0 saturated carbocycles. The maximum absolute atomic E-state index is 13.3. The van der Waals surface area contributed by atoms with Crippen molar-refractivity contribution in [3.8, 4) is 5.75 Å². The Hall–Kier alpha value is -4.22. The standard InChI is InChI=1S/C28H30F3N3O6/c1-26(2,25(37)38)15-23(35)34-14-6-9-21(17-34)39-20-12-10-19(11-13-20)33-24(36)27(18-7-4-3-5-8-18)32-16-22(40-27)28(29,30)31/h3-5,7-8,10-13,16,21,32H,6,9,14-15,17H2,1-2H3,(H,33,36)(H,37,38). The molecule has 2 aromatic rings. The zero-order valence-electron chi connectivity index (χ0n) is 22.0. The Kier molecular flexibility index (Phi) is 7.99. The Morgan fingerprint density at radius 1 is 1.12 bits per heavy atom. The number of carboxylic acid groups (broad SMARTS) is 1. The van der Waals surface area contributed by atoms with Gasteiger partial charge in [-0.2, -0.15) is 13.2 Å². The van der Waals surface area contributed by atoms with E-state index in [0.717, 1.165) is 0 Å². The quantitative estimate of drug-likeness (QED) is 0.438. The van der Waals surface area contributed by atoms with E-state index in [9.17, 15) is 32.7 Å². The lowest BCUT2D eigenvalue weighted by Gasteiger charge is -2.34. The van der Waals surface area contributed by atoms with Crippen LogP contribution in [0.15, 0.2) is 66.6 Å². The van der Waals surface area contributed by atoms with Gasteiger partial charge in [-0.05, 0) is 51.0 Å². The summed E-state index contributed by atoms with van der Waals surface area (Å²) < 4.78 is 51.1. The van der Waals surface area contributed by atoms with Gasteiger partial charge in [-0.3, -0.25) is 14.4 Å². The van der Waals surface area contributed by atoms with Crippen molar-refractivity contribution in [2.24, 2.45) is 5.41 Å². The number of hydrogen-bond donors (Lipinski definition) is 3. The molecule has 0 aromatic heterocycles. The van der Waals surface area contributed by atoms with Crippen LogP contribution in [0.4, 0.5) is 18.9 Å². The van der Waals surface area contributed by atoms with Gasteiger partial charge in [-0.1, -0.05) is 30.3 Å². The number of carboxylic acids is 1. The fourth-order valence-corrected chi connectivity index (χ4v) is 4.44. The number of carbonyl (C=O) groups excluding carboxylic acids is 2. The minimum Gasteiger partial charge on any atom is -0.489 e. The van der Waals surface area contributed by atoms with E-state index < -0.39 is 35.0 Å². The first kappa shape index (κ1) is 28.8. The Labute approximate surface area is 228 Å². The fourth-order valence-electron chi connectivity index (χ4n) is 4.44. The lowest BCUT2D eigenvalue weighted by atomic mass is 9.88. The van der Waals surface area contributed by atoms with Gasteiger partial charge in [-0.15, -0.1) is 0 Å². The Morgan fingerprint density at radius 2 is 1.80 bits per heavy atom. The molecule has 9 nitrogen and oxygen atoms in total. The Balaban J connectivity index is 1.40. The number of piperidine rings is 1. The van der Waals surface area contributed by atoms with Gasteiger partial charge in [0, 0.05) is 30.4 Å². The van der Waals surface area contributed by atoms with Crippen molar-refractivity contribution in [1.82, 2.24) is 10.2 Å². The first-order valence-electron chi connectivity index (χ1n) is 12.7. The molecule has 1 saturated heterocycles. The van der Waals surface area contributed by atoms with E-state index >= 15 is 0 Å². The number of benzene rings is 2. The van der Waals surface area contributed by atoms with Crippen molar-refractivity contribution in [2.75, 3.05) is 18.4 Å². The maximum Gasteiger partial charge on any atom is 0.450 e. The minimum atomic E-state index is -4.78. The van der Waals surface area contributed by atoms with E-state index in [1.54, 1.807) is 47.4 Å². The number of ether oxygens (including phenoxy) is 2. The van der Waals surface area contributed by atoms with Crippen molar-refractivity contribution in [2.45, 2.75) is 51.1 Å². The summed E-state index contributed by atoms with van der Waals surface area (Å²) in [6.07, 6.45) is -3.19. The molecule has 2 aromatic carbocycles. The molecule has 3 N–H and O–H groups in total. The zero-order valence-corrected chi connectivity index (χ0v) is 22.0. The Morgan fingerprint density at radius 3 is 2.40 bits per heavy atom. The summed E-state index contributed by atoms with van der Waals surface area (Å²) in [4.78, 5) is 38.9. The van der Waals surface area contributed by atoms with Gasteiger partial charge in [0.05, 0.1) is 12.0 Å². The molecule has 2 aliphatic rings. The molecule has 40 heavy (non-hydrogen) atoms. The number of anilines is 1. The second kappa shape index (κ2) is 11.1. The summed E-state index contributed by atoms with van der Waals surface area (Å²) in [5, 5.41) is 14.4. The maximum atomic E-state index is 13.3. The van der Waals surface area contributed by atoms with E-state index in [1.165, 1.54) is 26.0 Å². The highest BCUT2D eigenvalue weighted by Gasteiger charge is 2.52. The van der Waals surface area contributed by atoms with Crippen LogP contribution in [-0.2, 0) is 24.8 Å². The number of nitrogens with zero attached hydrogens (tertiary/aromatic N) is 1. The number of alkyl halides is 3. The molecule has 0 spiro atoms. The predicted octanol–water partition coefficient (Wildman–Crippen LogP) is 4.37. The van der Waals surface area contributed by atoms with E-state index in [-0.39, 0.29) is 24.0 Å². The molecule has 0 radical (unpaired) electrons. The third-order valence-corrected chi connectivity index (χ3v) is 6.77. The molecule has 2 heterocycles. The monoisotopic (exact) mass is 561 g/mol. The number of halogens is 3. The first-order valence-corrected chi connectivity index (χ1v) is 12.7. The molecule has 4 rings (SSSR count). The van der Waals surface area contributed by atoms with Gasteiger partial charge in [-0.25, -0.2) is 0 Å². The second-order valence-electron chi connectivity index (χ2n) is 10.4. The van der Waals surface area contributed by atoms with Gasteiger partial charge in [0.25, 0.3) is 11.6 Å². The first-order chi connectivity index (χ1) is 18.8. The molecule has 0 bridgehead atoms. The van der Waals surface area contributed by atoms with Crippen LogP contribution in [-0.4, -0.2) is 53.2 Å². The molecule has 12 heteroatoms. The number of likely N-dealkylation sites (tertiary alicyclic amines) is 1. The number of allylic oxidation sites excluding steroid dienone is 1. The predicted molar refractivity (Wildman–Crippen MR) is 138 cm³/mol. The van der Waals surface area contributed by atoms with Gasteiger partial charge < -0.3 is 30.1 Å². The average Bonchev–Trinajstić information content (AvgIpc) is 3.38. The molecule has 2 unspecified atom stereocenters. The lowest BCUT2D eigenvalue weighted by Crippen LogP contribution is -2.49. The van der Waals surface area contributed by atoms with Crippen LogP contribution in [0.5, 0.6) is 5.75 Å². The van der Waals surface area contributed by atoms with Crippen LogP contribution >= 0.6 is 0 Å². The van der Waals surface area contributed by atoms with Crippen molar-refractivity contribution in [1.29, 1.82) is 0 Å². The summed E-state index contributed by atoms with van der Waals surface area (Å²) in [6, 6.07) is 14.1. The molecule has 2 aliphatic heterocycles. The smallest absolute Gasteiger partial charge is 0.450 e. The number of carbonyl (C=O) groups is 3. The van der Waals surface area contributed by atoms with E-state index in [0.29, 0.717) is 43.6 Å². The third-order valence-electron chi connectivity index (χ3n) is 6.77. The second-order valence-corrected chi connectivity index (χ2v) is 10.4. The summed E-state index contributed by atoms with van der Waals surface area (Å²) in [5.74, 6) is -3.00. The number of amides is 2. The number of nitrogens with one attached hydrogen (secondary N) is 2. The van der Waals surface area contributed by atoms with Crippen molar-refractivity contribution in [3.05, 3.63) is 72.1 Å². The number of hydrogen-bond acceptors (Lipinski definition) is 6. The summed E-state index contributed by atoms with van der Waals surface area (Å²) in [5.41, 5.74) is -2.80. The zero-order chi connectivity index (χ0) is 29.1. The van der Waals surface area contributed by atoms with Crippen LogP contribution in [0.25, 0.3) is 0 Å². The average molecular weight is 562 g/mol. The van der Waals surface area contributed by atoms with Gasteiger partial charge in [0.15, 0.2) is 0 Å². The van der Waals surface area contributed by atoms with Crippen molar-refractivity contribution in [3.63, 3.8) is 0 Å². The Bertz CT molecular complexity index is 1280. The SMILES string of the molecule is CC(C)(CC(=O)N1CCCC(Oc2ccc(NC(=O)C3(c4ccccc4)NC=C(C(F)(F)F)O3)cc2)C1)C(=O)O. The van der Waals surface area contributed by atoms with Gasteiger partial charge in [0.1, 0.15) is 11.9 Å². The summed E-state index contributed by atoms with van der Waals surface area (Å²) in [6.45, 7) is 3.84. The van der Waals surface area contributed by atoms with Crippen molar-refractivity contribution >= 4 is 23.5 Å². The van der Waals surface area contributed by atoms with Gasteiger partial charge >= 0.3 is 12.1 Å².